The van der Waals surface area contributed by atoms with Gasteiger partial charge in [-0.1, -0.05) is 29.3 Å². The van der Waals surface area contributed by atoms with E-state index < -0.39 is 6.17 Å². The fourth-order valence-corrected chi connectivity index (χ4v) is 4.35. The molecule has 1 aliphatic heterocycles. The first-order chi connectivity index (χ1) is 12.9. The van der Waals surface area contributed by atoms with Crippen molar-refractivity contribution >= 4 is 50.7 Å². The van der Waals surface area contributed by atoms with E-state index in [1.165, 1.54) is 27.1 Å². The molecule has 4 rings (SSSR count). The van der Waals surface area contributed by atoms with Crippen molar-refractivity contribution in [3.8, 4) is 11.1 Å². The second kappa shape index (κ2) is 7.22. The Hall–Kier alpha value is -1.96. The Bertz CT molecular complexity index is 1100. The van der Waals surface area contributed by atoms with Gasteiger partial charge in [-0.25, -0.2) is 9.37 Å². The molecule has 2 aromatic heterocycles. The van der Waals surface area contributed by atoms with E-state index in [0.29, 0.717) is 38.8 Å². The van der Waals surface area contributed by atoms with Crippen molar-refractivity contribution in [1.29, 1.82) is 0 Å². The van der Waals surface area contributed by atoms with Crippen LogP contribution in [0.15, 0.2) is 34.7 Å². The number of halogens is 3. The van der Waals surface area contributed by atoms with Crippen molar-refractivity contribution in [3.05, 3.63) is 50.3 Å². The summed E-state index contributed by atoms with van der Waals surface area (Å²) in [6.45, 7) is 0.290. The van der Waals surface area contributed by atoms with Crippen molar-refractivity contribution < 1.29 is 9.18 Å². The number of carbonyl (C=O) groups excluding carboxylic acids is 1. The summed E-state index contributed by atoms with van der Waals surface area (Å²) < 4.78 is 14.6. The molecule has 1 aromatic carbocycles. The molecule has 0 aliphatic carbocycles. The zero-order valence-electron chi connectivity index (χ0n) is 14.0. The summed E-state index contributed by atoms with van der Waals surface area (Å²) >= 11 is 13.4. The maximum absolute atomic E-state index is 13.3. The van der Waals surface area contributed by atoms with Crippen molar-refractivity contribution in [1.82, 2.24) is 14.5 Å². The number of rotatable bonds is 3. The van der Waals surface area contributed by atoms with Crippen molar-refractivity contribution in [2.45, 2.75) is 19.1 Å². The molecular formula is C18H14Cl2FN3O2S. The molecule has 1 atom stereocenters. The van der Waals surface area contributed by atoms with Gasteiger partial charge in [0.05, 0.1) is 28.3 Å². The standard InChI is InChI=1S/C18H14Cl2FN3O2S/c19-13-2-1-10(5-14(13)20)12-8-27-17-16(12)18(26)24(9-22-17)7-15(25)23-4-3-11(21)6-23/h1-2,5,8-9,11H,3-4,6-7H2/t11-/m1/s1. The second-order valence-corrected chi connectivity index (χ2v) is 8.03. The zero-order valence-corrected chi connectivity index (χ0v) is 16.3. The molecule has 140 valence electrons. The summed E-state index contributed by atoms with van der Waals surface area (Å²) in [7, 11) is 0. The van der Waals surface area contributed by atoms with E-state index in [2.05, 4.69) is 4.98 Å². The van der Waals surface area contributed by atoms with Crippen LogP contribution < -0.4 is 5.56 Å². The SMILES string of the molecule is O=C(Cn1cnc2scc(-c3ccc(Cl)c(Cl)c3)c2c1=O)N1CC[C@@H](F)C1. The lowest BCUT2D eigenvalue weighted by atomic mass is 10.1. The van der Waals surface area contributed by atoms with Crippen LogP contribution >= 0.6 is 34.5 Å². The number of likely N-dealkylation sites (tertiary alicyclic amines) is 1. The topological polar surface area (TPSA) is 55.2 Å². The largest absolute Gasteiger partial charge is 0.338 e. The van der Waals surface area contributed by atoms with Crippen LogP contribution in [-0.2, 0) is 11.3 Å². The fraction of sp³-hybridized carbons (Fsp3) is 0.278. The number of hydrogen-bond donors (Lipinski definition) is 0. The number of alkyl halides is 1. The van der Waals surface area contributed by atoms with Gasteiger partial charge in [-0.15, -0.1) is 11.3 Å². The highest BCUT2D eigenvalue weighted by Crippen LogP contribution is 2.34. The molecular weight excluding hydrogens is 412 g/mol. The molecule has 0 N–H and O–H groups in total. The molecule has 1 saturated heterocycles. The summed E-state index contributed by atoms with van der Waals surface area (Å²) in [6.07, 6.45) is 0.703. The average Bonchev–Trinajstić information content (AvgIpc) is 3.26. The lowest BCUT2D eigenvalue weighted by Crippen LogP contribution is -2.35. The number of benzene rings is 1. The van der Waals surface area contributed by atoms with E-state index in [0.717, 1.165) is 5.56 Å². The number of amides is 1. The van der Waals surface area contributed by atoms with Gasteiger partial charge in [0, 0.05) is 17.5 Å². The minimum absolute atomic E-state index is 0.0796. The monoisotopic (exact) mass is 425 g/mol. The van der Waals surface area contributed by atoms with E-state index in [1.54, 1.807) is 18.2 Å². The Morgan fingerprint density at radius 2 is 2.15 bits per heavy atom. The molecule has 1 aliphatic rings. The predicted molar refractivity (Wildman–Crippen MR) is 105 cm³/mol. The Kier molecular flexibility index (Phi) is 4.92. The lowest BCUT2D eigenvalue weighted by molar-refractivity contribution is -0.131. The van der Waals surface area contributed by atoms with Crippen LogP contribution in [0.1, 0.15) is 6.42 Å². The van der Waals surface area contributed by atoms with Gasteiger partial charge in [0.1, 0.15) is 17.5 Å². The summed E-state index contributed by atoms with van der Waals surface area (Å²) in [5, 5.41) is 3.08. The summed E-state index contributed by atoms with van der Waals surface area (Å²) in [5.41, 5.74) is 1.13. The number of carbonyl (C=O) groups is 1. The Morgan fingerprint density at radius 3 is 2.85 bits per heavy atom. The minimum Gasteiger partial charge on any atom is -0.338 e. The molecule has 5 nitrogen and oxygen atoms in total. The Balaban J connectivity index is 1.72. The van der Waals surface area contributed by atoms with Crippen LogP contribution in [0, 0.1) is 0 Å². The molecule has 3 heterocycles. The van der Waals surface area contributed by atoms with Crippen LogP contribution in [0.4, 0.5) is 4.39 Å². The fourth-order valence-electron chi connectivity index (χ4n) is 3.15. The number of aromatic nitrogens is 2. The molecule has 3 aromatic rings. The van der Waals surface area contributed by atoms with Crippen LogP contribution in [0.3, 0.4) is 0 Å². The van der Waals surface area contributed by atoms with Crippen LogP contribution in [0.25, 0.3) is 21.3 Å². The summed E-state index contributed by atoms with van der Waals surface area (Å²) in [6, 6.07) is 5.14. The quantitative estimate of drug-likeness (QED) is 0.636. The van der Waals surface area contributed by atoms with Crippen LogP contribution in [0.5, 0.6) is 0 Å². The van der Waals surface area contributed by atoms with Gasteiger partial charge in [0.25, 0.3) is 5.56 Å². The van der Waals surface area contributed by atoms with Crippen molar-refractivity contribution in [2.24, 2.45) is 0 Å². The minimum atomic E-state index is -0.996. The molecule has 0 bridgehead atoms. The first kappa shape index (κ1) is 18.4. The van der Waals surface area contributed by atoms with Gasteiger partial charge < -0.3 is 4.90 Å². The number of thiophene rings is 1. The average molecular weight is 426 g/mol. The van der Waals surface area contributed by atoms with Gasteiger partial charge in [-0.2, -0.15) is 0 Å². The Labute approximate surface area is 167 Å². The van der Waals surface area contributed by atoms with E-state index in [4.69, 9.17) is 23.2 Å². The van der Waals surface area contributed by atoms with Crippen molar-refractivity contribution in [3.63, 3.8) is 0 Å². The summed E-state index contributed by atoms with van der Waals surface area (Å²) in [4.78, 5) is 31.7. The third kappa shape index (κ3) is 3.47. The van der Waals surface area contributed by atoms with E-state index in [1.807, 2.05) is 5.38 Å². The van der Waals surface area contributed by atoms with Gasteiger partial charge in [0.15, 0.2) is 0 Å². The molecule has 0 spiro atoms. The zero-order chi connectivity index (χ0) is 19.1. The molecule has 0 radical (unpaired) electrons. The van der Waals surface area contributed by atoms with E-state index in [9.17, 15) is 14.0 Å². The highest BCUT2D eigenvalue weighted by atomic mass is 35.5. The first-order valence-electron chi connectivity index (χ1n) is 8.28. The maximum atomic E-state index is 13.3. The Morgan fingerprint density at radius 1 is 1.33 bits per heavy atom. The predicted octanol–water partition coefficient (Wildman–Crippen LogP) is 4.00. The maximum Gasteiger partial charge on any atom is 0.263 e. The van der Waals surface area contributed by atoms with Crippen molar-refractivity contribution in [2.75, 3.05) is 13.1 Å². The molecule has 1 amide bonds. The highest BCUT2D eigenvalue weighted by molar-refractivity contribution is 7.17. The molecule has 0 unspecified atom stereocenters. The number of nitrogens with zero attached hydrogens (tertiary/aromatic N) is 3. The molecule has 1 fully saturated rings. The third-order valence-corrected chi connectivity index (χ3v) is 6.21. The van der Waals surface area contributed by atoms with Crippen LogP contribution in [-0.4, -0.2) is 39.6 Å². The summed E-state index contributed by atoms with van der Waals surface area (Å²) in [5.74, 6) is -0.287. The number of hydrogen-bond acceptors (Lipinski definition) is 4. The molecule has 0 saturated carbocycles. The highest BCUT2D eigenvalue weighted by Gasteiger charge is 2.26. The van der Waals surface area contributed by atoms with E-state index in [-0.39, 0.29) is 24.6 Å². The smallest absolute Gasteiger partial charge is 0.263 e. The number of fused-ring (bicyclic) bond motifs is 1. The third-order valence-electron chi connectivity index (χ3n) is 4.58. The van der Waals surface area contributed by atoms with Crippen LogP contribution in [0.2, 0.25) is 10.0 Å². The van der Waals surface area contributed by atoms with Gasteiger partial charge in [0.2, 0.25) is 5.91 Å². The molecule has 9 heteroatoms. The lowest BCUT2D eigenvalue weighted by Gasteiger charge is -2.15. The second-order valence-electron chi connectivity index (χ2n) is 6.36. The first-order valence-corrected chi connectivity index (χ1v) is 9.91. The van der Waals surface area contributed by atoms with Gasteiger partial charge >= 0.3 is 0 Å². The van der Waals surface area contributed by atoms with Gasteiger partial charge in [-0.3, -0.25) is 14.2 Å². The normalized spacial score (nSPS) is 17.0. The van der Waals surface area contributed by atoms with E-state index >= 15 is 0 Å². The van der Waals surface area contributed by atoms with Gasteiger partial charge in [-0.05, 0) is 24.1 Å². The molecule has 27 heavy (non-hydrogen) atoms.